The van der Waals surface area contributed by atoms with Crippen molar-refractivity contribution in [3.05, 3.63) is 28.2 Å². The van der Waals surface area contributed by atoms with Crippen molar-refractivity contribution in [1.29, 1.82) is 0 Å². The lowest BCUT2D eigenvalue weighted by Gasteiger charge is -2.31. The average Bonchev–Trinajstić information content (AvgIpc) is 2.23. The van der Waals surface area contributed by atoms with E-state index in [1.807, 2.05) is 0 Å². The summed E-state index contributed by atoms with van der Waals surface area (Å²) in [6.07, 6.45) is 4.19. The first-order valence-corrected chi connectivity index (χ1v) is 7.09. The number of hydrogen-bond acceptors (Lipinski definition) is 1. The number of rotatable bonds is 4. The zero-order valence-corrected chi connectivity index (χ0v) is 11.9. The molecule has 88 valence electrons. The normalized spacial score (nSPS) is 15.9. The van der Waals surface area contributed by atoms with Gasteiger partial charge in [0.25, 0.3) is 0 Å². The molecule has 0 bridgehead atoms. The summed E-state index contributed by atoms with van der Waals surface area (Å²) in [5, 5.41) is 0. The van der Waals surface area contributed by atoms with Gasteiger partial charge in [-0.15, -0.1) is 11.6 Å². The van der Waals surface area contributed by atoms with Crippen LogP contribution in [0, 0.1) is 5.92 Å². The maximum atomic E-state index is 5.81. The molecule has 3 heteroatoms. The van der Waals surface area contributed by atoms with Crippen molar-refractivity contribution in [3.8, 4) is 0 Å². The van der Waals surface area contributed by atoms with Crippen LogP contribution in [-0.2, 0) is 5.88 Å². The van der Waals surface area contributed by atoms with Gasteiger partial charge in [0.2, 0.25) is 0 Å². The van der Waals surface area contributed by atoms with Crippen LogP contribution < -0.4 is 4.90 Å². The monoisotopic (exact) mass is 301 g/mol. The second kappa shape index (κ2) is 5.42. The van der Waals surface area contributed by atoms with E-state index in [0.29, 0.717) is 5.88 Å². The average molecular weight is 303 g/mol. The van der Waals surface area contributed by atoms with E-state index in [1.54, 1.807) is 0 Å². The number of hydrogen-bond donors (Lipinski definition) is 0. The first-order chi connectivity index (χ1) is 7.70. The molecular formula is C13H17BrClN. The van der Waals surface area contributed by atoms with E-state index in [4.69, 9.17) is 11.6 Å². The summed E-state index contributed by atoms with van der Waals surface area (Å²) in [7, 11) is 2.17. The van der Waals surface area contributed by atoms with Crippen LogP contribution in [0.4, 0.5) is 5.69 Å². The van der Waals surface area contributed by atoms with E-state index in [1.165, 1.54) is 31.5 Å². The highest BCUT2D eigenvalue weighted by atomic mass is 79.9. The molecule has 1 aliphatic carbocycles. The SMILES string of the molecule is CN(CC1CCC1)c1ccc(CCl)cc1Br. The van der Waals surface area contributed by atoms with Crippen LogP contribution in [0.5, 0.6) is 0 Å². The van der Waals surface area contributed by atoms with Gasteiger partial charge in [0.1, 0.15) is 0 Å². The predicted octanol–water partition coefficient (Wildman–Crippen LogP) is 4.42. The Morgan fingerprint density at radius 2 is 2.19 bits per heavy atom. The van der Waals surface area contributed by atoms with Crippen molar-refractivity contribution in [2.24, 2.45) is 5.92 Å². The molecule has 1 aromatic carbocycles. The van der Waals surface area contributed by atoms with Crippen molar-refractivity contribution < 1.29 is 0 Å². The Labute approximate surface area is 111 Å². The van der Waals surface area contributed by atoms with E-state index in [9.17, 15) is 0 Å². The Morgan fingerprint density at radius 1 is 1.44 bits per heavy atom. The molecule has 0 radical (unpaired) electrons. The molecule has 1 aromatic rings. The van der Waals surface area contributed by atoms with Gasteiger partial charge in [-0.25, -0.2) is 0 Å². The van der Waals surface area contributed by atoms with Gasteiger partial charge in [-0.05, 0) is 52.4 Å². The quantitative estimate of drug-likeness (QED) is 0.744. The van der Waals surface area contributed by atoms with Crippen LogP contribution in [0.25, 0.3) is 0 Å². The third-order valence-corrected chi connectivity index (χ3v) is 4.28. The molecule has 0 heterocycles. The molecule has 0 atom stereocenters. The Hall–Kier alpha value is -0.210. The minimum atomic E-state index is 0.575. The largest absolute Gasteiger partial charge is 0.373 e. The van der Waals surface area contributed by atoms with E-state index >= 15 is 0 Å². The first-order valence-electron chi connectivity index (χ1n) is 5.76. The van der Waals surface area contributed by atoms with Gasteiger partial charge in [0, 0.05) is 23.9 Å². The summed E-state index contributed by atoms with van der Waals surface area (Å²) in [5.41, 5.74) is 2.43. The van der Waals surface area contributed by atoms with E-state index in [0.717, 1.165) is 16.0 Å². The Kier molecular flexibility index (Phi) is 4.15. The van der Waals surface area contributed by atoms with E-state index in [2.05, 4.69) is 46.1 Å². The predicted molar refractivity (Wildman–Crippen MR) is 74.3 cm³/mol. The summed E-state index contributed by atoms with van der Waals surface area (Å²) < 4.78 is 1.15. The van der Waals surface area contributed by atoms with Gasteiger partial charge in [-0.1, -0.05) is 12.5 Å². The number of halogens is 2. The van der Waals surface area contributed by atoms with Crippen LogP contribution >= 0.6 is 27.5 Å². The van der Waals surface area contributed by atoms with Gasteiger partial charge in [-0.3, -0.25) is 0 Å². The zero-order valence-electron chi connectivity index (χ0n) is 9.55. The number of nitrogens with zero attached hydrogens (tertiary/aromatic N) is 1. The van der Waals surface area contributed by atoms with Crippen LogP contribution in [0.1, 0.15) is 24.8 Å². The molecule has 1 aliphatic rings. The third kappa shape index (κ3) is 2.72. The van der Waals surface area contributed by atoms with E-state index in [-0.39, 0.29) is 0 Å². The molecular weight excluding hydrogens is 286 g/mol. The summed E-state index contributed by atoms with van der Waals surface area (Å²) >= 11 is 9.43. The highest BCUT2D eigenvalue weighted by Crippen LogP contribution is 2.31. The first kappa shape index (κ1) is 12.3. The summed E-state index contributed by atoms with van der Waals surface area (Å²) in [4.78, 5) is 2.34. The lowest BCUT2D eigenvalue weighted by Crippen LogP contribution is -2.29. The van der Waals surface area contributed by atoms with Crippen molar-refractivity contribution in [2.75, 3.05) is 18.5 Å². The second-order valence-corrected chi connectivity index (χ2v) is 5.72. The fourth-order valence-electron chi connectivity index (χ4n) is 2.10. The standard InChI is InChI=1S/C13H17BrClN/c1-16(9-10-3-2-4-10)13-6-5-11(8-15)7-12(13)14/h5-7,10H,2-4,8-9H2,1H3. The number of benzene rings is 1. The van der Waals surface area contributed by atoms with Crippen LogP contribution in [-0.4, -0.2) is 13.6 Å². The highest BCUT2D eigenvalue weighted by molar-refractivity contribution is 9.10. The summed E-state index contributed by atoms with van der Waals surface area (Å²) in [6, 6.07) is 6.37. The van der Waals surface area contributed by atoms with Gasteiger partial charge >= 0.3 is 0 Å². The summed E-state index contributed by atoms with van der Waals surface area (Å²) in [5.74, 6) is 1.47. The molecule has 1 saturated carbocycles. The molecule has 0 spiro atoms. The van der Waals surface area contributed by atoms with Crippen molar-refractivity contribution in [1.82, 2.24) is 0 Å². The lowest BCUT2D eigenvalue weighted by molar-refractivity contribution is 0.321. The minimum Gasteiger partial charge on any atom is -0.373 e. The van der Waals surface area contributed by atoms with Crippen LogP contribution in [0.2, 0.25) is 0 Å². The molecule has 16 heavy (non-hydrogen) atoms. The zero-order chi connectivity index (χ0) is 11.5. The van der Waals surface area contributed by atoms with Gasteiger partial charge in [0.05, 0.1) is 5.69 Å². The molecule has 0 unspecified atom stereocenters. The lowest BCUT2D eigenvalue weighted by atomic mass is 9.85. The molecule has 2 rings (SSSR count). The number of anilines is 1. The Bertz CT molecular complexity index is 363. The molecule has 0 aromatic heterocycles. The van der Waals surface area contributed by atoms with Crippen LogP contribution in [0.3, 0.4) is 0 Å². The minimum absolute atomic E-state index is 0.575. The Morgan fingerprint density at radius 3 is 2.69 bits per heavy atom. The molecule has 0 N–H and O–H groups in total. The van der Waals surface area contributed by atoms with Gasteiger partial charge < -0.3 is 4.90 Å². The third-order valence-electron chi connectivity index (χ3n) is 3.33. The molecule has 1 fully saturated rings. The summed E-state index contributed by atoms with van der Waals surface area (Å²) in [6.45, 7) is 1.17. The fraction of sp³-hybridized carbons (Fsp3) is 0.538. The number of alkyl halides is 1. The maximum Gasteiger partial charge on any atom is 0.0508 e. The molecule has 0 saturated heterocycles. The smallest absolute Gasteiger partial charge is 0.0508 e. The fourth-order valence-corrected chi connectivity index (χ4v) is 3.00. The second-order valence-electron chi connectivity index (χ2n) is 4.60. The van der Waals surface area contributed by atoms with Crippen LogP contribution in [0.15, 0.2) is 22.7 Å². The molecule has 0 aliphatic heterocycles. The topological polar surface area (TPSA) is 3.24 Å². The van der Waals surface area contributed by atoms with Crippen molar-refractivity contribution >= 4 is 33.2 Å². The van der Waals surface area contributed by atoms with Crippen molar-refractivity contribution in [3.63, 3.8) is 0 Å². The highest BCUT2D eigenvalue weighted by Gasteiger charge is 2.19. The van der Waals surface area contributed by atoms with Gasteiger partial charge in [0.15, 0.2) is 0 Å². The van der Waals surface area contributed by atoms with Gasteiger partial charge in [-0.2, -0.15) is 0 Å². The maximum absolute atomic E-state index is 5.81. The molecule has 1 nitrogen and oxygen atoms in total. The Balaban J connectivity index is 2.06. The van der Waals surface area contributed by atoms with Crippen molar-refractivity contribution in [2.45, 2.75) is 25.1 Å². The molecule has 0 amide bonds. The van der Waals surface area contributed by atoms with E-state index < -0.39 is 0 Å².